The van der Waals surface area contributed by atoms with Gasteiger partial charge in [0.25, 0.3) is 15.9 Å². The number of hydrogen-bond donors (Lipinski definition) is 2. The van der Waals surface area contributed by atoms with Crippen molar-refractivity contribution in [2.45, 2.75) is 11.8 Å². The fraction of sp³-hybridized carbons (Fsp3) is 0.133. The number of nitrogens with two attached hydrogens (primary N) is 1. The van der Waals surface area contributed by atoms with Gasteiger partial charge in [0, 0.05) is 5.69 Å². The van der Waals surface area contributed by atoms with Gasteiger partial charge in [-0.3, -0.25) is 9.52 Å². The summed E-state index contributed by atoms with van der Waals surface area (Å²) in [6, 6.07) is 12.7. The first-order valence-electron chi connectivity index (χ1n) is 6.47. The predicted octanol–water partition coefficient (Wildman–Crippen LogP) is 1.66. The Kier molecular flexibility index (Phi) is 4.67. The standard InChI is InChI=1S/C15H16N2O4S/c1-11-2-8-14(9-3-11)22(19,20)17-12-4-6-13(7-5-12)21-10-15(16)18/h2-9,17H,10H2,1H3,(H2,16,18). The largest absolute Gasteiger partial charge is 0.484 e. The number of benzene rings is 2. The number of carbonyl (C=O) groups excluding carboxylic acids is 1. The van der Waals surface area contributed by atoms with Crippen molar-refractivity contribution in [3.8, 4) is 5.75 Å². The van der Waals surface area contributed by atoms with Crippen molar-refractivity contribution < 1.29 is 17.9 Å². The van der Waals surface area contributed by atoms with Crippen LogP contribution in [0.15, 0.2) is 53.4 Å². The van der Waals surface area contributed by atoms with Crippen LogP contribution in [0, 0.1) is 6.92 Å². The molecule has 2 rings (SSSR count). The Balaban J connectivity index is 2.09. The highest BCUT2D eigenvalue weighted by Gasteiger charge is 2.13. The quantitative estimate of drug-likeness (QED) is 0.845. The predicted molar refractivity (Wildman–Crippen MR) is 83.1 cm³/mol. The molecule has 3 N–H and O–H groups in total. The van der Waals surface area contributed by atoms with Crippen LogP contribution in [-0.2, 0) is 14.8 Å². The maximum Gasteiger partial charge on any atom is 0.261 e. The van der Waals surface area contributed by atoms with Crippen molar-refractivity contribution in [3.63, 3.8) is 0 Å². The van der Waals surface area contributed by atoms with Gasteiger partial charge in [-0.15, -0.1) is 0 Å². The molecule has 1 amide bonds. The van der Waals surface area contributed by atoms with Crippen LogP contribution in [0.4, 0.5) is 5.69 Å². The second kappa shape index (κ2) is 6.48. The molecule has 0 saturated carbocycles. The van der Waals surface area contributed by atoms with Gasteiger partial charge < -0.3 is 10.5 Å². The molecule has 0 aliphatic rings. The molecule has 7 heteroatoms. The third-order valence-electron chi connectivity index (χ3n) is 2.82. The summed E-state index contributed by atoms with van der Waals surface area (Å²) in [6.45, 7) is 1.66. The van der Waals surface area contributed by atoms with Gasteiger partial charge in [0.1, 0.15) is 5.75 Å². The van der Waals surface area contributed by atoms with Gasteiger partial charge >= 0.3 is 0 Å². The number of primary amides is 1. The summed E-state index contributed by atoms with van der Waals surface area (Å²) in [7, 11) is -3.63. The highest BCUT2D eigenvalue weighted by atomic mass is 32.2. The molecule has 0 heterocycles. The van der Waals surface area contributed by atoms with E-state index in [-0.39, 0.29) is 11.5 Å². The average Bonchev–Trinajstić information content (AvgIpc) is 2.46. The molecule has 2 aromatic rings. The molecule has 6 nitrogen and oxygen atoms in total. The lowest BCUT2D eigenvalue weighted by molar-refractivity contribution is -0.119. The molecule has 0 unspecified atom stereocenters. The van der Waals surface area contributed by atoms with Gasteiger partial charge in [0.2, 0.25) is 0 Å². The number of sulfonamides is 1. The number of rotatable bonds is 6. The normalized spacial score (nSPS) is 11.0. The van der Waals surface area contributed by atoms with Crippen LogP contribution in [0.5, 0.6) is 5.75 Å². The Morgan fingerprint density at radius 1 is 1.09 bits per heavy atom. The molecule has 0 spiro atoms. The summed E-state index contributed by atoms with van der Waals surface area (Å²) in [5, 5.41) is 0. The molecular weight excluding hydrogens is 304 g/mol. The van der Waals surface area contributed by atoms with Crippen molar-refractivity contribution in [1.29, 1.82) is 0 Å². The molecule has 0 bridgehead atoms. The van der Waals surface area contributed by atoms with Gasteiger partial charge in [-0.1, -0.05) is 17.7 Å². The van der Waals surface area contributed by atoms with Crippen LogP contribution in [0.3, 0.4) is 0 Å². The van der Waals surface area contributed by atoms with Crippen LogP contribution in [-0.4, -0.2) is 20.9 Å². The van der Waals surface area contributed by atoms with E-state index in [1.807, 2.05) is 6.92 Å². The summed E-state index contributed by atoms with van der Waals surface area (Å²) in [5.74, 6) is -0.152. The molecule has 0 radical (unpaired) electrons. The second-order valence-electron chi connectivity index (χ2n) is 4.70. The second-order valence-corrected chi connectivity index (χ2v) is 6.38. The molecule has 0 aromatic heterocycles. The zero-order chi connectivity index (χ0) is 16.2. The van der Waals surface area contributed by atoms with Gasteiger partial charge in [-0.2, -0.15) is 0 Å². The van der Waals surface area contributed by atoms with Crippen LogP contribution in [0.2, 0.25) is 0 Å². The summed E-state index contributed by atoms with van der Waals surface area (Å²) >= 11 is 0. The zero-order valence-corrected chi connectivity index (χ0v) is 12.8. The first kappa shape index (κ1) is 15.8. The van der Waals surface area contributed by atoms with E-state index < -0.39 is 15.9 Å². The Morgan fingerprint density at radius 2 is 1.68 bits per heavy atom. The zero-order valence-electron chi connectivity index (χ0n) is 11.9. The van der Waals surface area contributed by atoms with Crippen molar-refractivity contribution in [1.82, 2.24) is 0 Å². The summed E-state index contributed by atoms with van der Waals surface area (Å²) < 4.78 is 32.0. The minimum absolute atomic E-state index is 0.187. The van der Waals surface area contributed by atoms with Gasteiger partial charge in [0.15, 0.2) is 6.61 Å². The molecule has 0 aliphatic carbocycles. The molecule has 0 fully saturated rings. The average molecular weight is 320 g/mol. The lowest BCUT2D eigenvalue weighted by atomic mass is 10.2. The third kappa shape index (κ3) is 4.23. The highest BCUT2D eigenvalue weighted by molar-refractivity contribution is 7.92. The molecule has 0 atom stereocenters. The Hall–Kier alpha value is -2.54. The number of amides is 1. The number of nitrogens with one attached hydrogen (secondary N) is 1. The first-order valence-corrected chi connectivity index (χ1v) is 7.96. The molecule has 0 saturated heterocycles. The van der Waals surface area contributed by atoms with E-state index in [0.29, 0.717) is 11.4 Å². The van der Waals surface area contributed by atoms with Crippen molar-refractivity contribution >= 4 is 21.6 Å². The summed E-state index contributed by atoms with van der Waals surface area (Å²) in [6.07, 6.45) is 0. The van der Waals surface area contributed by atoms with E-state index in [4.69, 9.17) is 10.5 Å². The minimum Gasteiger partial charge on any atom is -0.484 e. The Morgan fingerprint density at radius 3 is 2.23 bits per heavy atom. The van der Waals surface area contributed by atoms with E-state index >= 15 is 0 Å². The summed E-state index contributed by atoms with van der Waals surface area (Å²) in [4.78, 5) is 10.8. The number of hydrogen-bond acceptors (Lipinski definition) is 4. The topological polar surface area (TPSA) is 98.5 Å². The Labute approximate surface area is 129 Å². The minimum atomic E-state index is -3.63. The van der Waals surface area contributed by atoms with Crippen LogP contribution >= 0.6 is 0 Å². The monoisotopic (exact) mass is 320 g/mol. The van der Waals surface area contributed by atoms with E-state index in [2.05, 4.69) is 4.72 Å². The fourth-order valence-corrected chi connectivity index (χ4v) is 2.76. The van der Waals surface area contributed by atoms with Gasteiger partial charge in [-0.05, 0) is 43.3 Å². The molecule has 22 heavy (non-hydrogen) atoms. The van der Waals surface area contributed by atoms with Crippen LogP contribution in [0.1, 0.15) is 5.56 Å². The van der Waals surface area contributed by atoms with Crippen molar-refractivity contribution in [3.05, 3.63) is 54.1 Å². The molecule has 116 valence electrons. The van der Waals surface area contributed by atoms with E-state index in [9.17, 15) is 13.2 Å². The first-order chi connectivity index (χ1) is 10.4. The van der Waals surface area contributed by atoms with E-state index in [1.54, 1.807) is 48.5 Å². The molecule has 2 aromatic carbocycles. The maximum absolute atomic E-state index is 12.2. The number of anilines is 1. The third-order valence-corrected chi connectivity index (χ3v) is 4.22. The lowest BCUT2D eigenvalue weighted by Crippen LogP contribution is -2.20. The highest BCUT2D eigenvalue weighted by Crippen LogP contribution is 2.19. The number of aryl methyl sites for hydroxylation is 1. The number of ether oxygens (including phenoxy) is 1. The van der Waals surface area contributed by atoms with E-state index in [1.165, 1.54) is 0 Å². The van der Waals surface area contributed by atoms with Gasteiger partial charge in [-0.25, -0.2) is 8.42 Å². The maximum atomic E-state index is 12.2. The molecular formula is C15H16N2O4S. The lowest BCUT2D eigenvalue weighted by Gasteiger charge is -2.09. The fourth-order valence-electron chi connectivity index (χ4n) is 1.71. The van der Waals surface area contributed by atoms with Gasteiger partial charge in [0.05, 0.1) is 4.90 Å². The number of carbonyl (C=O) groups is 1. The Bertz CT molecular complexity index is 753. The van der Waals surface area contributed by atoms with Crippen molar-refractivity contribution in [2.75, 3.05) is 11.3 Å². The molecule has 0 aliphatic heterocycles. The summed E-state index contributed by atoms with van der Waals surface area (Å²) in [5.41, 5.74) is 6.35. The van der Waals surface area contributed by atoms with Crippen LogP contribution < -0.4 is 15.2 Å². The van der Waals surface area contributed by atoms with E-state index in [0.717, 1.165) is 5.56 Å². The van der Waals surface area contributed by atoms with Crippen LogP contribution in [0.25, 0.3) is 0 Å². The smallest absolute Gasteiger partial charge is 0.261 e. The van der Waals surface area contributed by atoms with Crippen molar-refractivity contribution in [2.24, 2.45) is 5.73 Å². The SMILES string of the molecule is Cc1ccc(S(=O)(=O)Nc2ccc(OCC(N)=O)cc2)cc1.